The first-order valence-electron chi connectivity index (χ1n) is 16.5. The molecule has 2 fully saturated rings. The Morgan fingerprint density at radius 1 is 1.15 bits per heavy atom. The maximum atomic E-state index is 14.3. The first-order valence-corrected chi connectivity index (χ1v) is 16.9. The standard InChI is InChI=1S/C38H49N3O5S/c1-26(24-47)8-7-9-27(2)41(25-38(3,4)5)37(44)32-13-12-31(45-6)21-34(32)40-18-15-28(16-19-40)23-46-35-20-30(14-17-39-35)33(22-36(42)43)29-10-11-29/h7-9,12-14,17,20-21,28-29,33H,10-11,15-16,18-19,22-23,25H2,1-6H3,(H,42,43)/b8-7-,27-9+. The molecule has 1 aromatic carbocycles. The van der Waals surface area contributed by atoms with Crippen LogP contribution in [0.5, 0.6) is 11.6 Å². The van der Waals surface area contributed by atoms with Crippen LogP contribution in [0.15, 0.2) is 66.0 Å². The zero-order chi connectivity index (χ0) is 34.1. The number of piperidine rings is 1. The predicted octanol–water partition coefficient (Wildman–Crippen LogP) is 7.85. The number of carboxylic acid groups (broad SMARTS) is 1. The van der Waals surface area contributed by atoms with Crippen LogP contribution in [-0.4, -0.2) is 65.2 Å². The molecule has 1 saturated heterocycles. The summed E-state index contributed by atoms with van der Waals surface area (Å²) in [6.45, 7) is 12.9. The number of benzene rings is 1. The van der Waals surface area contributed by atoms with Gasteiger partial charge in [-0.05, 0) is 110 Å². The van der Waals surface area contributed by atoms with Crippen molar-refractivity contribution in [2.75, 3.05) is 38.3 Å². The van der Waals surface area contributed by atoms with Crippen molar-refractivity contribution in [1.82, 2.24) is 9.88 Å². The molecule has 1 saturated carbocycles. The van der Waals surface area contributed by atoms with Crippen molar-refractivity contribution in [3.05, 3.63) is 77.2 Å². The molecule has 1 atom stereocenters. The van der Waals surface area contributed by atoms with Gasteiger partial charge in [0.25, 0.3) is 5.91 Å². The quantitative estimate of drug-likeness (QED) is 0.162. The number of hydrogen-bond acceptors (Lipinski definition) is 7. The fraction of sp³-hybridized carbons (Fsp3) is 0.500. The summed E-state index contributed by atoms with van der Waals surface area (Å²) in [5, 5.41) is 12.1. The summed E-state index contributed by atoms with van der Waals surface area (Å²) >= 11 is 4.89. The van der Waals surface area contributed by atoms with Gasteiger partial charge in [0.05, 0.1) is 31.4 Å². The Morgan fingerprint density at radius 2 is 1.87 bits per heavy atom. The van der Waals surface area contributed by atoms with Crippen molar-refractivity contribution in [2.24, 2.45) is 17.3 Å². The third kappa shape index (κ3) is 10.5. The number of hydrogen-bond donors (Lipinski definition) is 1. The zero-order valence-electron chi connectivity index (χ0n) is 28.6. The number of aliphatic carboxylic acids is 1. The van der Waals surface area contributed by atoms with Gasteiger partial charge in [-0.25, -0.2) is 4.98 Å². The maximum Gasteiger partial charge on any atom is 0.303 e. The monoisotopic (exact) mass is 659 g/mol. The minimum absolute atomic E-state index is 0.00732. The molecule has 1 aliphatic carbocycles. The fourth-order valence-electron chi connectivity index (χ4n) is 6.03. The summed E-state index contributed by atoms with van der Waals surface area (Å²) in [6, 6.07) is 9.53. The van der Waals surface area contributed by atoms with Crippen molar-refractivity contribution in [1.29, 1.82) is 0 Å². The Morgan fingerprint density at radius 3 is 2.49 bits per heavy atom. The normalized spacial score (nSPS) is 16.5. The van der Waals surface area contributed by atoms with Gasteiger partial charge in [0.15, 0.2) is 0 Å². The number of nitrogens with zero attached hydrogens (tertiary/aromatic N) is 3. The van der Waals surface area contributed by atoms with Gasteiger partial charge in [-0.3, -0.25) is 9.59 Å². The van der Waals surface area contributed by atoms with Crippen molar-refractivity contribution in [3.63, 3.8) is 0 Å². The zero-order valence-corrected chi connectivity index (χ0v) is 29.4. The summed E-state index contributed by atoms with van der Waals surface area (Å²) in [5.74, 6) is 1.20. The molecule has 4 rings (SSSR count). The lowest BCUT2D eigenvalue weighted by Crippen LogP contribution is -2.39. The summed E-state index contributed by atoms with van der Waals surface area (Å²) in [4.78, 5) is 34.3. The number of amides is 1. The SMILES string of the molecule is COc1ccc(C(=O)N(CC(C)(C)C)/C(C)=C/C=C\C(C)=C=S)c(N2CCC(COc3cc(C(CC(=O)O)C4CC4)ccn3)CC2)c1. The summed E-state index contributed by atoms with van der Waals surface area (Å²) in [5.41, 5.74) is 4.09. The van der Waals surface area contributed by atoms with E-state index in [1.165, 1.54) is 0 Å². The number of methoxy groups -OCH3 is 1. The van der Waals surface area contributed by atoms with E-state index in [2.05, 4.69) is 35.7 Å². The summed E-state index contributed by atoms with van der Waals surface area (Å²) in [6.07, 6.45) is 11.5. The van der Waals surface area contributed by atoms with Crippen LogP contribution in [0, 0.1) is 17.3 Å². The Kier molecular flexibility index (Phi) is 12.4. The first-order chi connectivity index (χ1) is 22.4. The van der Waals surface area contributed by atoms with Crippen LogP contribution in [0.25, 0.3) is 0 Å². The number of ether oxygens (including phenoxy) is 2. The Hall–Kier alpha value is -3.94. The molecular weight excluding hydrogens is 611 g/mol. The van der Waals surface area contributed by atoms with Crippen molar-refractivity contribution in [3.8, 4) is 11.6 Å². The lowest BCUT2D eigenvalue weighted by molar-refractivity contribution is -0.137. The third-order valence-corrected chi connectivity index (χ3v) is 9.10. The molecular formula is C38H49N3O5S. The van der Waals surface area contributed by atoms with E-state index in [1.54, 1.807) is 13.3 Å². The highest BCUT2D eigenvalue weighted by Gasteiger charge is 2.34. The van der Waals surface area contributed by atoms with Crippen LogP contribution in [0.3, 0.4) is 0 Å². The highest BCUT2D eigenvalue weighted by Crippen LogP contribution is 2.45. The van der Waals surface area contributed by atoms with Crippen LogP contribution in [-0.2, 0) is 4.79 Å². The average Bonchev–Trinajstić information content (AvgIpc) is 3.90. The van der Waals surface area contributed by atoms with Gasteiger partial charge < -0.3 is 24.4 Å². The molecule has 1 amide bonds. The summed E-state index contributed by atoms with van der Waals surface area (Å²) in [7, 11) is 1.64. The van der Waals surface area contributed by atoms with Crippen molar-refractivity contribution < 1.29 is 24.2 Å². The minimum atomic E-state index is -0.773. The molecule has 2 heterocycles. The average molecular weight is 660 g/mol. The molecule has 1 N–H and O–H groups in total. The second kappa shape index (κ2) is 16.2. The molecule has 0 radical (unpaired) electrons. The topological polar surface area (TPSA) is 92.2 Å². The number of allylic oxidation sites excluding steroid dienone is 5. The largest absolute Gasteiger partial charge is 0.497 e. The molecule has 0 bridgehead atoms. The molecule has 1 aliphatic heterocycles. The second-order valence-corrected chi connectivity index (χ2v) is 14.2. The van der Waals surface area contributed by atoms with Gasteiger partial charge in [0.2, 0.25) is 5.88 Å². The minimum Gasteiger partial charge on any atom is -0.497 e. The highest BCUT2D eigenvalue weighted by molar-refractivity contribution is 7.78. The molecule has 47 heavy (non-hydrogen) atoms. The number of carbonyl (C=O) groups excluding carboxylic acids is 1. The number of rotatable bonds is 14. The van der Waals surface area contributed by atoms with Crippen LogP contribution in [0.4, 0.5) is 5.69 Å². The second-order valence-electron chi connectivity index (χ2n) is 14.0. The molecule has 2 aromatic rings. The lowest BCUT2D eigenvalue weighted by atomic mass is 9.92. The fourth-order valence-corrected chi connectivity index (χ4v) is 6.10. The lowest BCUT2D eigenvalue weighted by Gasteiger charge is -2.36. The molecule has 0 spiro atoms. The van der Waals surface area contributed by atoms with Crippen molar-refractivity contribution in [2.45, 2.75) is 72.6 Å². The highest BCUT2D eigenvalue weighted by atomic mass is 32.1. The van der Waals surface area contributed by atoms with E-state index in [0.29, 0.717) is 42.2 Å². The van der Waals surface area contributed by atoms with Crippen LogP contribution in [0.1, 0.15) is 88.6 Å². The van der Waals surface area contributed by atoms with Crippen molar-refractivity contribution >= 4 is 34.8 Å². The number of pyridine rings is 1. The molecule has 1 unspecified atom stereocenters. The number of aromatic nitrogens is 1. The van der Waals surface area contributed by atoms with Gasteiger partial charge in [-0.1, -0.05) is 32.9 Å². The number of carboxylic acids is 1. The van der Waals surface area contributed by atoms with Gasteiger partial charge >= 0.3 is 5.97 Å². The molecule has 8 nitrogen and oxygen atoms in total. The molecule has 2 aliphatic rings. The number of anilines is 1. The maximum absolute atomic E-state index is 14.3. The first kappa shape index (κ1) is 35.9. The molecule has 252 valence electrons. The van der Waals surface area contributed by atoms with E-state index in [-0.39, 0.29) is 23.7 Å². The van der Waals surface area contributed by atoms with Gasteiger partial charge in [0, 0.05) is 49.2 Å². The van der Waals surface area contributed by atoms with Crippen LogP contribution >= 0.6 is 12.2 Å². The Balaban J connectivity index is 1.46. The smallest absolute Gasteiger partial charge is 0.303 e. The predicted molar refractivity (Wildman–Crippen MR) is 191 cm³/mol. The Bertz CT molecular complexity index is 1530. The van der Waals surface area contributed by atoms with E-state index in [1.807, 2.05) is 67.3 Å². The van der Waals surface area contributed by atoms with Crippen LogP contribution < -0.4 is 14.4 Å². The van der Waals surface area contributed by atoms with E-state index >= 15 is 0 Å². The third-order valence-electron chi connectivity index (χ3n) is 8.78. The Labute approximate surface area is 285 Å². The van der Waals surface area contributed by atoms with E-state index in [0.717, 1.165) is 61.3 Å². The van der Waals surface area contributed by atoms with E-state index < -0.39 is 5.97 Å². The number of carbonyl (C=O) groups is 2. The van der Waals surface area contributed by atoms with Gasteiger partial charge in [-0.15, -0.1) is 0 Å². The van der Waals surface area contributed by atoms with E-state index in [9.17, 15) is 14.7 Å². The van der Waals surface area contributed by atoms with Gasteiger partial charge in [-0.2, -0.15) is 0 Å². The number of thiocarbonyl (C=S) groups is 1. The van der Waals surface area contributed by atoms with Crippen LogP contribution in [0.2, 0.25) is 0 Å². The van der Waals surface area contributed by atoms with E-state index in [4.69, 9.17) is 21.7 Å². The molecule has 9 heteroatoms. The van der Waals surface area contributed by atoms with Gasteiger partial charge in [0.1, 0.15) is 5.75 Å². The summed E-state index contributed by atoms with van der Waals surface area (Å²) < 4.78 is 11.7. The molecule has 1 aromatic heterocycles.